The fraction of sp³-hybridized carbons (Fsp3) is 0.951. The van der Waals surface area contributed by atoms with Crippen LogP contribution in [-0.2, 0) is 32.2 Å². The smallest absolute Gasteiger partial charge is 0.192 e. The van der Waals surface area contributed by atoms with Crippen LogP contribution in [0, 0.1) is 23.7 Å². The van der Waals surface area contributed by atoms with E-state index >= 15 is 0 Å². The lowest BCUT2D eigenvalue weighted by atomic mass is 9.77. The molecule has 1 saturated heterocycles. The van der Waals surface area contributed by atoms with Crippen LogP contribution in [0.3, 0.4) is 0 Å². The van der Waals surface area contributed by atoms with Gasteiger partial charge in [0.25, 0.3) is 0 Å². The van der Waals surface area contributed by atoms with Gasteiger partial charge in [0.2, 0.25) is 0 Å². The fourth-order valence-corrected chi connectivity index (χ4v) is 15.1. The Labute approximate surface area is 320 Å². The van der Waals surface area contributed by atoms with E-state index in [2.05, 4.69) is 101 Å². The minimum Gasteiger partial charge on any atom is -0.414 e. The van der Waals surface area contributed by atoms with Gasteiger partial charge in [-0.05, 0) is 80.6 Å². The van der Waals surface area contributed by atoms with Gasteiger partial charge in [-0.2, -0.15) is 0 Å². The molecule has 1 fully saturated rings. The van der Waals surface area contributed by atoms with Crippen LogP contribution in [0.15, 0.2) is 0 Å². The van der Waals surface area contributed by atoms with E-state index in [0.29, 0.717) is 13.0 Å². The van der Waals surface area contributed by atoms with Crippen molar-refractivity contribution in [2.45, 2.75) is 212 Å². The van der Waals surface area contributed by atoms with Crippen LogP contribution in [0.5, 0.6) is 0 Å². The van der Waals surface area contributed by atoms with Crippen molar-refractivity contribution in [3.05, 3.63) is 0 Å². The highest BCUT2D eigenvalue weighted by Crippen LogP contribution is 2.47. The molecule has 0 spiro atoms. The largest absolute Gasteiger partial charge is 0.414 e. The molecule has 10 heteroatoms. The average Bonchev–Trinajstić information content (AvgIpc) is 3.10. The molecule has 0 unspecified atom stereocenters. The van der Waals surface area contributed by atoms with Gasteiger partial charge in [-0.25, -0.2) is 0 Å². The molecule has 51 heavy (non-hydrogen) atoms. The third-order valence-corrected chi connectivity index (χ3v) is 27.0. The van der Waals surface area contributed by atoms with Crippen molar-refractivity contribution in [3.8, 4) is 11.8 Å². The molecule has 0 saturated carbocycles. The molecule has 0 aliphatic carbocycles. The topological polar surface area (TPSA) is 64.6 Å². The summed E-state index contributed by atoms with van der Waals surface area (Å²) in [4.78, 5) is 0. The molecule has 0 amide bonds. The van der Waals surface area contributed by atoms with Crippen LogP contribution in [-0.4, -0.2) is 89.2 Å². The zero-order valence-electron chi connectivity index (χ0n) is 36.6. The van der Waals surface area contributed by atoms with Crippen LogP contribution in [0.25, 0.3) is 0 Å². The highest BCUT2D eigenvalue weighted by molar-refractivity contribution is 6.74. The molecule has 0 aromatic heterocycles. The van der Waals surface area contributed by atoms with Gasteiger partial charge in [0.15, 0.2) is 30.7 Å². The van der Waals surface area contributed by atoms with Crippen molar-refractivity contribution in [2.24, 2.45) is 11.8 Å². The molecule has 0 aromatic rings. The maximum Gasteiger partial charge on any atom is 0.192 e. The van der Waals surface area contributed by atoms with Crippen LogP contribution >= 0.6 is 0 Å². The zero-order valence-corrected chi connectivity index (χ0v) is 39.6. The molecule has 0 bridgehead atoms. The molecule has 302 valence electrons. The van der Waals surface area contributed by atoms with Gasteiger partial charge in [-0.1, -0.05) is 76.2 Å². The molecular weight excluding hydrogens is 689 g/mol. The molecular formula is C41H84O7Si3. The molecule has 1 aliphatic heterocycles. The predicted molar refractivity (Wildman–Crippen MR) is 223 cm³/mol. The lowest BCUT2D eigenvalue weighted by Crippen LogP contribution is -2.63. The SMILES string of the molecule is CC#CCCC[C@H](C[C@@H](C[C@]1(OC)O[C@H](C[C@H](COC)O[Si](C)(C)C(C)(C)C)[C@H](C)[C@H](O[Si](CC)(CC)CC)[C@H]1C)O[Si](CC)(CC)CC)OC. The molecule has 0 radical (unpaired) electrons. The standard InChI is InChI=1S/C41H84O7Si3/c1-18-25-26-27-28-35(43-14)29-36(47-50(19-2,20-3)21-4)31-41(44-15)34(9)39(48-51(22-5,23-6)24-7)33(8)38(45-41)30-37(32-42-13)46-49(16,17)40(10,11)12/h33-39H,19-24,26-32H2,1-17H3/t33-,34+,35+,36-,37+,38+,39-,41-/m0/s1. The number of methoxy groups -OCH3 is 3. The number of rotatable bonds is 25. The lowest BCUT2D eigenvalue weighted by Gasteiger charge is -2.55. The number of hydrogen-bond donors (Lipinski definition) is 0. The Balaban J connectivity index is 3.79. The van der Waals surface area contributed by atoms with Gasteiger partial charge >= 0.3 is 0 Å². The Morgan fingerprint density at radius 3 is 1.82 bits per heavy atom. The van der Waals surface area contributed by atoms with E-state index in [-0.39, 0.29) is 47.4 Å². The normalized spacial score (nSPS) is 25.3. The van der Waals surface area contributed by atoms with E-state index in [1.807, 2.05) is 21.1 Å². The third-order valence-electron chi connectivity index (χ3n) is 13.1. The fourth-order valence-electron chi connectivity index (χ4n) is 7.90. The highest BCUT2D eigenvalue weighted by atomic mass is 28.4. The Bertz CT molecular complexity index is 1000. The average molecular weight is 773 g/mol. The van der Waals surface area contributed by atoms with E-state index < -0.39 is 30.7 Å². The van der Waals surface area contributed by atoms with E-state index in [9.17, 15) is 0 Å². The summed E-state index contributed by atoms with van der Waals surface area (Å²) in [6, 6.07) is 6.56. The van der Waals surface area contributed by atoms with E-state index in [0.717, 1.165) is 68.4 Å². The van der Waals surface area contributed by atoms with Crippen molar-refractivity contribution in [2.75, 3.05) is 27.9 Å². The van der Waals surface area contributed by atoms with E-state index in [4.69, 9.17) is 32.2 Å². The van der Waals surface area contributed by atoms with Crippen molar-refractivity contribution in [1.82, 2.24) is 0 Å². The molecule has 7 nitrogen and oxygen atoms in total. The first kappa shape index (κ1) is 49.0. The van der Waals surface area contributed by atoms with Crippen molar-refractivity contribution in [1.29, 1.82) is 0 Å². The summed E-state index contributed by atoms with van der Waals surface area (Å²) in [6.07, 6.45) is 4.77. The Morgan fingerprint density at radius 1 is 0.804 bits per heavy atom. The maximum atomic E-state index is 7.51. The minimum atomic E-state index is -2.08. The third kappa shape index (κ3) is 13.6. The number of unbranched alkanes of at least 4 members (excludes halogenated alkanes) is 1. The van der Waals surface area contributed by atoms with Crippen LogP contribution in [0.4, 0.5) is 0 Å². The van der Waals surface area contributed by atoms with Gasteiger partial charge in [-0.3, -0.25) is 0 Å². The Kier molecular flexibility index (Phi) is 21.6. The van der Waals surface area contributed by atoms with Crippen molar-refractivity contribution < 1.29 is 32.2 Å². The summed E-state index contributed by atoms with van der Waals surface area (Å²) >= 11 is 0. The Hall–Kier alpha value is -0.0694. The summed E-state index contributed by atoms with van der Waals surface area (Å²) in [5.74, 6) is 5.53. The van der Waals surface area contributed by atoms with Crippen LogP contribution in [0.2, 0.25) is 54.4 Å². The maximum absolute atomic E-state index is 7.51. The van der Waals surface area contributed by atoms with E-state index in [1.165, 1.54) is 0 Å². The van der Waals surface area contributed by atoms with Gasteiger partial charge in [0.1, 0.15) is 0 Å². The van der Waals surface area contributed by atoms with Crippen molar-refractivity contribution in [3.63, 3.8) is 0 Å². The van der Waals surface area contributed by atoms with Crippen LogP contribution < -0.4 is 0 Å². The molecule has 8 atom stereocenters. The monoisotopic (exact) mass is 773 g/mol. The molecule has 0 N–H and O–H groups in total. The first-order chi connectivity index (χ1) is 23.9. The zero-order chi connectivity index (χ0) is 39.1. The summed E-state index contributed by atoms with van der Waals surface area (Å²) in [5, 5.41) is 0.0862. The molecule has 1 heterocycles. The number of hydrogen-bond acceptors (Lipinski definition) is 7. The highest BCUT2D eigenvalue weighted by Gasteiger charge is 2.55. The summed E-state index contributed by atoms with van der Waals surface area (Å²) in [5.41, 5.74) is 0. The van der Waals surface area contributed by atoms with Crippen LogP contribution in [0.1, 0.15) is 122 Å². The first-order valence-corrected chi connectivity index (χ1v) is 28.6. The number of ether oxygens (including phenoxy) is 4. The van der Waals surface area contributed by atoms with Gasteiger partial charge in [0.05, 0.1) is 37.1 Å². The first-order valence-electron chi connectivity index (χ1n) is 20.6. The second-order valence-corrected chi connectivity index (χ2v) is 31.1. The van der Waals surface area contributed by atoms with Crippen molar-refractivity contribution >= 4 is 25.0 Å². The second-order valence-electron chi connectivity index (χ2n) is 16.9. The Morgan fingerprint density at radius 2 is 1.37 bits per heavy atom. The quantitative estimate of drug-likeness (QED) is 0.0520. The molecule has 1 rings (SSSR count). The van der Waals surface area contributed by atoms with Gasteiger partial charge in [0, 0.05) is 52.4 Å². The summed E-state index contributed by atoms with van der Waals surface area (Å²) in [7, 11) is -0.586. The molecule has 1 aliphatic rings. The second kappa shape index (κ2) is 22.5. The van der Waals surface area contributed by atoms with E-state index in [1.54, 1.807) is 7.11 Å². The minimum absolute atomic E-state index is 0.000305. The van der Waals surface area contributed by atoms with Gasteiger partial charge < -0.3 is 32.2 Å². The summed E-state index contributed by atoms with van der Waals surface area (Å²) in [6.45, 7) is 32.5. The lowest BCUT2D eigenvalue weighted by molar-refractivity contribution is -0.336. The van der Waals surface area contributed by atoms with Gasteiger partial charge in [-0.15, -0.1) is 11.8 Å². The summed E-state index contributed by atoms with van der Waals surface area (Å²) < 4.78 is 48.0. The molecule has 0 aromatic carbocycles. The predicted octanol–water partition coefficient (Wildman–Crippen LogP) is 11.2.